The number of azo groups is 1. The number of hydrogen-bond donors (Lipinski definition) is 1. The second-order valence-electron chi connectivity index (χ2n) is 7.17. The van der Waals surface area contributed by atoms with Gasteiger partial charge in [-0.3, -0.25) is 9.52 Å². The monoisotopic (exact) mass is 463 g/mol. The first kappa shape index (κ1) is 22.2. The largest absolute Gasteiger partial charge is 0.497 e. The highest BCUT2D eigenvalue weighted by molar-refractivity contribution is 7.92. The molecule has 0 radical (unpaired) electrons. The van der Waals surface area contributed by atoms with E-state index in [1.165, 1.54) is 36.4 Å². The molecule has 1 aliphatic heterocycles. The van der Waals surface area contributed by atoms with Crippen molar-refractivity contribution in [2.45, 2.75) is 17.9 Å². The lowest BCUT2D eigenvalue weighted by Gasteiger charge is -2.11. The first-order valence-corrected chi connectivity index (χ1v) is 11.5. The van der Waals surface area contributed by atoms with E-state index in [2.05, 4.69) is 20.1 Å². The summed E-state index contributed by atoms with van der Waals surface area (Å²) in [5, 5.41) is 13.8. The molecule has 0 spiro atoms. The third-order valence-electron chi connectivity index (χ3n) is 4.87. The highest BCUT2D eigenvalue weighted by atomic mass is 32.2. The summed E-state index contributed by atoms with van der Waals surface area (Å²) in [6.07, 6.45) is 0. The molecule has 1 amide bonds. The maximum absolute atomic E-state index is 12.7. The third kappa shape index (κ3) is 4.90. The zero-order chi connectivity index (χ0) is 23.4. The molecule has 0 saturated heterocycles. The maximum Gasteiger partial charge on any atom is 0.280 e. The van der Waals surface area contributed by atoms with Crippen LogP contribution in [0.2, 0.25) is 0 Å². The maximum atomic E-state index is 12.7. The lowest BCUT2D eigenvalue weighted by atomic mass is 10.2. The molecular weight excluding hydrogens is 442 g/mol. The number of carbonyl (C=O) groups is 1. The van der Waals surface area contributed by atoms with Gasteiger partial charge in [0.15, 0.2) is 6.04 Å². The van der Waals surface area contributed by atoms with Crippen LogP contribution in [0.15, 0.2) is 99.1 Å². The van der Waals surface area contributed by atoms with Gasteiger partial charge in [-0.05, 0) is 67.6 Å². The zero-order valence-corrected chi connectivity index (χ0v) is 18.7. The number of nitrogens with zero attached hydrogens (tertiary/aromatic N) is 4. The van der Waals surface area contributed by atoms with Crippen LogP contribution in [0.4, 0.5) is 17.1 Å². The van der Waals surface area contributed by atoms with Crippen LogP contribution in [0.3, 0.4) is 0 Å². The van der Waals surface area contributed by atoms with Gasteiger partial charge < -0.3 is 4.74 Å². The molecule has 33 heavy (non-hydrogen) atoms. The molecule has 1 unspecified atom stereocenters. The molecule has 0 saturated carbocycles. The van der Waals surface area contributed by atoms with E-state index in [-0.39, 0.29) is 10.8 Å². The lowest BCUT2D eigenvalue weighted by Crippen LogP contribution is -2.29. The molecule has 0 aromatic heterocycles. The number of para-hydroxylation sites is 1. The summed E-state index contributed by atoms with van der Waals surface area (Å²) >= 11 is 0. The summed E-state index contributed by atoms with van der Waals surface area (Å²) in [7, 11) is -2.24. The number of nitrogens with one attached hydrogen (secondary N) is 1. The molecule has 1 N–H and O–H groups in total. The van der Waals surface area contributed by atoms with E-state index >= 15 is 0 Å². The zero-order valence-electron chi connectivity index (χ0n) is 17.9. The minimum Gasteiger partial charge on any atom is -0.497 e. The molecule has 0 fully saturated rings. The molecule has 168 valence electrons. The Bertz CT molecular complexity index is 1310. The Morgan fingerprint density at radius 2 is 1.64 bits per heavy atom. The Balaban J connectivity index is 1.45. The fourth-order valence-corrected chi connectivity index (χ4v) is 4.19. The van der Waals surface area contributed by atoms with E-state index in [4.69, 9.17) is 4.74 Å². The van der Waals surface area contributed by atoms with Gasteiger partial charge in [-0.1, -0.05) is 18.2 Å². The standard InChI is InChI=1S/C23H21N5O4S/c1-16-22(23(29)28(26-16)19-6-4-3-5-7-19)25-24-17-10-14-21(15-11-17)33(30,31)27-18-8-12-20(32-2)13-9-18/h3-15,22,27H,1-2H3. The highest BCUT2D eigenvalue weighted by Gasteiger charge is 2.34. The van der Waals surface area contributed by atoms with Gasteiger partial charge in [0.1, 0.15) is 5.75 Å². The topological polar surface area (TPSA) is 113 Å². The van der Waals surface area contributed by atoms with Crippen LogP contribution in [-0.4, -0.2) is 33.2 Å². The second kappa shape index (κ2) is 9.21. The van der Waals surface area contributed by atoms with E-state index in [1.54, 1.807) is 43.3 Å². The quantitative estimate of drug-likeness (QED) is 0.524. The van der Waals surface area contributed by atoms with Crippen molar-refractivity contribution in [3.05, 3.63) is 78.9 Å². The summed E-state index contributed by atoms with van der Waals surface area (Å²) in [4.78, 5) is 12.8. The van der Waals surface area contributed by atoms with Crippen molar-refractivity contribution in [3.8, 4) is 5.75 Å². The SMILES string of the molecule is COc1ccc(NS(=O)(=O)c2ccc(N=NC3C(=O)N(c4ccccc4)N=C3C)cc2)cc1. The fourth-order valence-electron chi connectivity index (χ4n) is 3.13. The smallest absolute Gasteiger partial charge is 0.280 e. The van der Waals surface area contributed by atoms with E-state index < -0.39 is 16.1 Å². The van der Waals surface area contributed by atoms with Crippen molar-refractivity contribution in [1.29, 1.82) is 0 Å². The molecule has 1 aliphatic rings. The second-order valence-corrected chi connectivity index (χ2v) is 8.86. The summed E-state index contributed by atoms with van der Waals surface area (Å²) in [5.74, 6) is 0.325. The van der Waals surface area contributed by atoms with Gasteiger partial charge in [-0.2, -0.15) is 20.3 Å². The summed E-state index contributed by atoms with van der Waals surface area (Å²) in [6.45, 7) is 1.71. The average Bonchev–Trinajstić information content (AvgIpc) is 3.12. The molecule has 9 nitrogen and oxygen atoms in total. The Labute approximate surface area is 191 Å². The molecular formula is C23H21N5O4S. The molecule has 0 bridgehead atoms. The Hall–Kier alpha value is -4.05. The van der Waals surface area contributed by atoms with Crippen LogP contribution in [0, 0.1) is 0 Å². The summed E-state index contributed by atoms with van der Waals surface area (Å²) in [6, 6.07) is 20.7. The van der Waals surface area contributed by atoms with E-state index in [1.807, 2.05) is 18.2 Å². The minimum atomic E-state index is -3.78. The summed E-state index contributed by atoms with van der Waals surface area (Å²) < 4.78 is 32.8. The van der Waals surface area contributed by atoms with Crippen LogP contribution in [-0.2, 0) is 14.8 Å². The molecule has 10 heteroatoms. The van der Waals surface area contributed by atoms with Crippen molar-refractivity contribution in [1.82, 2.24) is 0 Å². The van der Waals surface area contributed by atoms with Gasteiger partial charge >= 0.3 is 0 Å². The van der Waals surface area contributed by atoms with Crippen molar-refractivity contribution < 1.29 is 17.9 Å². The van der Waals surface area contributed by atoms with Gasteiger partial charge in [-0.25, -0.2) is 8.42 Å². The van der Waals surface area contributed by atoms with Crippen molar-refractivity contribution >= 4 is 38.7 Å². The summed E-state index contributed by atoms with van der Waals surface area (Å²) in [5.41, 5.74) is 2.00. The Kier molecular flexibility index (Phi) is 6.18. The number of anilines is 2. The number of rotatable bonds is 7. The van der Waals surface area contributed by atoms with Gasteiger partial charge in [0.05, 0.1) is 29.1 Å². The fraction of sp³-hybridized carbons (Fsp3) is 0.130. The number of methoxy groups -OCH3 is 1. The van der Waals surface area contributed by atoms with Crippen LogP contribution >= 0.6 is 0 Å². The molecule has 3 aromatic carbocycles. The first-order chi connectivity index (χ1) is 15.9. The molecule has 1 heterocycles. The normalized spacial score (nSPS) is 16.2. The van der Waals surface area contributed by atoms with Crippen LogP contribution in [0.5, 0.6) is 5.75 Å². The predicted octanol–water partition coefficient (Wildman–Crippen LogP) is 4.37. The van der Waals surface area contributed by atoms with E-state index in [0.717, 1.165) is 0 Å². The van der Waals surface area contributed by atoms with Crippen LogP contribution < -0.4 is 14.5 Å². The van der Waals surface area contributed by atoms with Gasteiger partial charge in [0, 0.05) is 5.69 Å². The average molecular weight is 464 g/mol. The molecule has 0 aliphatic carbocycles. The first-order valence-electron chi connectivity index (χ1n) is 9.99. The van der Waals surface area contributed by atoms with Crippen molar-refractivity contribution in [2.75, 3.05) is 16.8 Å². The predicted molar refractivity (Wildman–Crippen MR) is 126 cm³/mol. The van der Waals surface area contributed by atoms with Gasteiger partial charge in [-0.15, -0.1) is 0 Å². The van der Waals surface area contributed by atoms with Gasteiger partial charge in [0.25, 0.3) is 15.9 Å². The molecule has 1 atom stereocenters. The number of hydrazone groups is 1. The Morgan fingerprint density at radius 3 is 2.27 bits per heavy atom. The van der Waals surface area contributed by atoms with Crippen LogP contribution in [0.25, 0.3) is 0 Å². The van der Waals surface area contributed by atoms with E-state index in [0.29, 0.717) is 28.5 Å². The van der Waals surface area contributed by atoms with Crippen molar-refractivity contribution in [2.24, 2.45) is 15.3 Å². The van der Waals surface area contributed by atoms with E-state index in [9.17, 15) is 13.2 Å². The number of carbonyl (C=O) groups excluding carboxylic acids is 1. The third-order valence-corrected chi connectivity index (χ3v) is 6.27. The number of amides is 1. The Morgan fingerprint density at radius 1 is 0.970 bits per heavy atom. The minimum absolute atomic E-state index is 0.0715. The molecule has 3 aromatic rings. The number of hydrogen-bond acceptors (Lipinski definition) is 7. The molecule has 4 rings (SSSR count). The number of sulfonamides is 1. The number of benzene rings is 3. The van der Waals surface area contributed by atoms with Gasteiger partial charge in [0.2, 0.25) is 0 Å². The van der Waals surface area contributed by atoms with Crippen LogP contribution in [0.1, 0.15) is 6.92 Å². The van der Waals surface area contributed by atoms with Crippen molar-refractivity contribution in [3.63, 3.8) is 0 Å². The number of ether oxygens (including phenoxy) is 1. The lowest BCUT2D eigenvalue weighted by molar-refractivity contribution is -0.117. The highest BCUT2D eigenvalue weighted by Crippen LogP contribution is 2.24.